The maximum Gasteiger partial charge on any atom is 0.0641 e. The van der Waals surface area contributed by atoms with E-state index >= 15 is 0 Å². The molecule has 0 amide bonds. The molecule has 1 aliphatic rings. The molecule has 1 saturated heterocycles. The zero-order valence-electron chi connectivity index (χ0n) is 11.9. The van der Waals surface area contributed by atoms with Gasteiger partial charge in [0.15, 0.2) is 0 Å². The lowest BCUT2D eigenvalue weighted by Crippen LogP contribution is -2.39. The highest BCUT2D eigenvalue weighted by Gasteiger charge is 2.31. The second kappa shape index (κ2) is 6.70. The smallest absolute Gasteiger partial charge is 0.0641 e. The number of nitriles is 1. The molecule has 0 radical (unpaired) electrons. The van der Waals surface area contributed by atoms with Gasteiger partial charge in [0.2, 0.25) is 0 Å². The van der Waals surface area contributed by atoms with Crippen molar-refractivity contribution in [3.05, 3.63) is 35.9 Å². The zero-order valence-corrected chi connectivity index (χ0v) is 11.9. The molecule has 1 aromatic carbocycles. The summed E-state index contributed by atoms with van der Waals surface area (Å²) in [5.41, 5.74) is 1.27. The molecule has 2 rings (SSSR count). The molecule has 0 saturated carbocycles. The van der Waals surface area contributed by atoms with E-state index in [1.54, 1.807) is 0 Å². The van der Waals surface area contributed by atoms with E-state index in [1.807, 2.05) is 6.07 Å². The van der Waals surface area contributed by atoms with Gasteiger partial charge >= 0.3 is 0 Å². The molecule has 19 heavy (non-hydrogen) atoms. The summed E-state index contributed by atoms with van der Waals surface area (Å²) in [5.74, 6) is 0. The minimum atomic E-state index is 0.249. The molecule has 0 aliphatic carbocycles. The summed E-state index contributed by atoms with van der Waals surface area (Å²) >= 11 is 0. The molecule has 1 fully saturated rings. The fraction of sp³-hybridized carbons (Fsp3) is 0.562. The summed E-state index contributed by atoms with van der Waals surface area (Å²) in [6.45, 7) is 2.19. The Morgan fingerprint density at radius 1 is 1.37 bits per heavy atom. The molecule has 0 bridgehead atoms. The van der Waals surface area contributed by atoms with Gasteiger partial charge in [-0.25, -0.2) is 0 Å². The van der Waals surface area contributed by atoms with E-state index in [2.05, 4.69) is 54.2 Å². The SMILES string of the molecule is CN(C)CC1CCCN1C(CC#N)c1ccccc1. The van der Waals surface area contributed by atoms with E-state index in [0.717, 1.165) is 13.1 Å². The molecule has 3 nitrogen and oxygen atoms in total. The average molecular weight is 257 g/mol. The maximum absolute atomic E-state index is 9.14. The molecule has 0 N–H and O–H groups in total. The van der Waals surface area contributed by atoms with Crippen molar-refractivity contribution in [2.75, 3.05) is 27.2 Å². The van der Waals surface area contributed by atoms with Crippen LogP contribution in [0.5, 0.6) is 0 Å². The van der Waals surface area contributed by atoms with Crippen LogP contribution in [-0.4, -0.2) is 43.0 Å². The van der Waals surface area contributed by atoms with Crippen molar-refractivity contribution in [2.45, 2.75) is 31.3 Å². The third-order valence-corrected chi connectivity index (χ3v) is 3.87. The van der Waals surface area contributed by atoms with Gasteiger partial charge in [-0.3, -0.25) is 4.90 Å². The minimum Gasteiger partial charge on any atom is -0.308 e. The first kappa shape index (κ1) is 14.0. The van der Waals surface area contributed by atoms with Gasteiger partial charge in [0.25, 0.3) is 0 Å². The average Bonchev–Trinajstić information content (AvgIpc) is 2.84. The highest BCUT2D eigenvalue weighted by atomic mass is 15.2. The fourth-order valence-electron chi connectivity index (χ4n) is 3.07. The van der Waals surface area contributed by atoms with Crippen LogP contribution in [0.3, 0.4) is 0 Å². The largest absolute Gasteiger partial charge is 0.308 e. The lowest BCUT2D eigenvalue weighted by Gasteiger charge is -2.33. The Bertz CT molecular complexity index is 421. The van der Waals surface area contributed by atoms with Gasteiger partial charge < -0.3 is 4.90 Å². The summed E-state index contributed by atoms with van der Waals surface area (Å²) in [4.78, 5) is 4.77. The second-order valence-corrected chi connectivity index (χ2v) is 5.58. The topological polar surface area (TPSA) is 30.3 Å². The van der Waals surface area contributed by atoms with Crippen LogP contribution in [0.1, 0.15) is 30.9 Å². The Morgan fingerprint density at radius 3 is 2.74 bits per heavy atom. The standard InChI is InChI=1S/C16H23N3/c1-18(2)13-15-9-6-12-19(15)16(10-11-17)14-7-4-3-5-8-14/h3-5,7-8,15-16H,6,9-10,12-13H2,1-2H3. The van der Waals surface area contributed by atoms with Crippen molar-refractivity contribution >= 4 is 0 Å². The number of likely N-dealkylation sites (N-methyl/N-ethyl adjacent to an activating group) is 1. The van der Waals surface area contributed by atoms with Gasteiger partial charge in [0, 0.05) is 18.6 Å². The Morgan fingerprint density at radius 2 is 2.11 bits per heavy atom. The van der Waals surface area contributed by atoms with Gasteiger partial charge in [-0.15, -0.1) is 0 Å². The van der Waals surface area contributed by atoms with E-state index in [1.165, 1.54) is 18.4 Å². The lowest BCUT2D eigenvalue weighted by molar-refractivity contribution is 0.154. The monoisotopic (exact) mass is 257 g/mol. The van der Waals surface area contributed by atoms with Gasteiger partial charge in [0.1, 0.15) is 0 Å². The second-order valence-electron chi connectivity index (χ2n) is 5.58. The molecule has 2 unspecified atom stereocenters. The van der Waals surface area contributed by atoms with Crippen LogP contribution in [-0.2, 0) is 0 Å². The summed E-state index contributed by atoms with van der Waals surface area (Å²) < 4.78 is 0. The number of benzene rings is 1. The molecule has 2 atom stereocenters. The van der Waals surface area contributed by atoms with Gasteiger partial charge in [-0.2, -0.15) is 5.26 Å². The van der Waals surface area contributed by atoms with E-state index < -0.39 is 0 Å². The minimum absolute atomic E-state index is 0.249. The molecular formula is C16H23N3. The molecule has 0 spiro atoms. The van der Waals surface area contributed by atoms with Crippen molar-refractivity contribution < 1.29 is 0 Å². The highest BCUT2D eigenvalue weighted by Crippen LogP contribution is 2.31. The molecule has 102 valence electrons. The summed E-state index contributed by atoms with van der Waals surface area (Å²) in [5, 5.41) is 9.14. The third-order valence-electron chi connectivity index (χ3n) is 3.87. The first-order valence-electron chi connectivity index (χ1n) is 7.04. The van der Waals surface area contributed by atoms with E-state index in [0.29, 0.717) is 12.5 Å². The van der Waals surface area contributed by atoms with E-state index in [4.69, 9.17) is 5.26 Å². The van der Waals surface area contributed by atoms with Crippen LogP contribution >= 0.6 is 0 Å². The molecule has 0 aromatic heterocycles. The van der Waals surface area contributed by atoms with Crippen LogP contribution in [0.4, 0.5) is 0 Å². The number of rotatable bonds is 5. The molecule has 3 heteroatoms. The highest BCUT2D eigenvalue weighted by molar-refractivity contribution is 5.20. The Labute approximate surface area is 116 Å². The molecular weight excluding hydrogens is 234 g/mol. The van der Waals surface area contributed by atoms with Gasteiger partial charge in [-0.1, -0.05) is 30.3 Å². The summed E-state index contributed by atoms with van der Waals surface area (Å²) in [7, 11) is 4.25. The van der Waals surface area contributed by atoms with Crippen molar-refractivity contribution in [3.8, 4) is 6.07 Å². The van der Waals surface area contributed by atoms with Crippen LogP contribution in [0, 0.1) is 11.3 Å². The third kappa shape index (κ3) is 3.56. The van der Waals surface area contributed by atoms with E-state index in [9.17, 15) is 0 Å². The predicted octanol–water partition coefficient (Wildman–Crippen LogP) is 2.67. The molecule has 1 aromatic rings. The van der Waals surface area contributed by atoms with Crippen molar-refractivity contribution in [1.82, 2.24) is 9.80 Å². The van der Waals surface area contributed by atoms with Gasteiger partial charge in [-0.05, 0) is 39.0 Å². The van der Waals surface area contributed by atoms with Crippen LogP contribution in [0.15, 0.2) is 30.3 Å². The first-order chi connectivity index (χ1) is 9.22. The first-order valence-corrected chi connectivity index (χ1v) is 7.04. The Hall–Kier alpha value is -1.37. The Balaban J connectivity index is 2.17. The van der Waals surface area contributed by atoms with Crippen LogP contribution in [0.2, 0.25) is 0 Å². The molecule has 1 heterocycles. The van der Waals surface area contributed by atoms with Crippen molar-refractivity contribution in [2.24, 2.45) is 0 Å². The predicted molar refractivity (Wildman–Crippen MR) is 77.7 cm³/mol. The van der Waals surface area contributed by atoms with Crippen molar-refractivity contribution in [1.29, 1.82) is 5.26 Å². The maximum atomic E-state index is 9.14. The number of hydrogen-bond donors (Lipinski definition) is 0. The number of likely N-dealkylation sites (tertiary alicyclic amines) is 1. The fourth-order valence-corrected chi connectivity index (χ4v) is 3.07. The summed E-state index contributed by atoms with van der Waals surface area (Å²) in [6, 6.07) is 13.6. The van der Waals surface area contributed by atoms with E-state index in [-0.39, 0.29) is 6.04 Å². The summed E-state index contributed by atoms with van der Waals surface area (Å²) in [6.07, 6.45) is 3.06. The lowest BCUT2D eigenvalue weighted by atomic mass is 10.0. The quantitative estimate of drug-likeness (QED) is 0.812. The zero-order chi connectivity index (χ0) is 13.7. The normalized spacial score (nSPS) is 21.5. The van der Waals surface area contributed by atoms with Gasteiger partial charge in [0.05, 0.1) is 12.5 Å². The Kier molecular flexibility index (Phi) is 4.95. The number of hydrogen-bond acceptors (Lipinski definition) is 3. The van der Waals surface area contributed by atoms with Crippen LogP contribution < -0.4 is 0 Å². The van der Waals surface area contributed by atoms with Crippen molar-refractivity contribution in [3.63, 3.8) is 0 Å². The number of nitrogens with zero attached hydrogens (tertiary/aromatic N) is 3. The van der Waals surface area contributed by atoms with Crippen LogP contribution in [0.25, 0.3) is 0 Å². The molecule has 1 aliphatic heterocycles.